The molecule has 5 rings (SSSR count). The zero-order valence-corrected chi connectivity index (χ0v) is 26.7. The molecule has 43 heavy (non-hydrogen) atoms. The number of aromatic nitrogens is 2. The average Bonchev–Trinajstić information content (AvgIpc) is 3.33. The van der Waals surface area contributed by atoms with Crippen molar-refractivity contribution in [2.45, 2.75) is 25.9 Å². The summed E-state index contributed by atoms with van der Waals surface area (Å²) in [6.45, 7) is 6.69. The van der Waals surface area contributed by atoms with Crippen LogP contribution in [0, 0.1) is 0 Å². The lowest BCUT2D eigenvalue weighted by Crippen LogP contribution is -2.47. The lowest BCUT2D eigenvalue weighted by Gasteiger charge is -2.29. The molecule has 0 atom stereocenters. The van der Waals surface area contributed by atoms with E-state index in [1.54, 1.807) is 24.6 Å². The molecule has 226 valence electrons. The number of hydrogen-bond acceptors (Lipinski definition) is 6. The lowest BCUT2D eigenvalue weighted by molar-refractivity contribution is -0.142. The number of amides is 1. The minimum Gasteiger partial charge on any atom is -0.462 e. The molecule has 3 aromatic carbocycles. The Bertz CT molecular complexity index is 1650. The second kappa shape index (κ2) is 13.3. The van der Waals surface area contributed by atoms with Crippen molar-refractivity contribution in [1.82, 2.24) is 15.1 Å². The first-order valence-electron chi connectivity index (χ1n) is 13.7. The monoisotopic (exact) mass is 662 g/mol. The molecule has 1 aliphatic rings. The van der Waals surface area contributed by atoms with E-state index < -0.39 is 17.4 Å². The van der Waals surface area contributed by atoms with Gasteiger partial charge in [0, 0.05) is 28.5 Å². The number of rotatable bonds is 9. The van der Waals surface area contributed by atoms with Crippen LogP contribution in [0.25, 0.3) is 22.0 Å². The minimum atomic E-state index is -0.867. The van der Waals surface area contributed by atoms with Crippen molar-refractivity contribution < 1.29 is 19.1 Å². The molecule has 2 heterocycles. The number of anilines is 1. The van der Waals surface area contributed by atoms with E-state index in [4.69, 9.17) is 61.0 Å². The third-order valence-corrected chi connectivity index (χ3v) is 7.97. The van der Waals surface area contributed by atoms with Crippen LogP contribution in [-0.4, -0.2) is 66.0 Å². The van der Waals surface area contributed by atoms with Crippen molar-refractivity contribution in [1.29, 1.82) is 0 Å². The Hall–Kier alpha value is -3.01. The number of halogens is 4. The fourth-order valence-corrected chi connectivity index (χ4v) is 5.91. The molecule has 1 fully saturated rings. The highest BCUT2D eigenvalue weighted by molar-refractivity contribution is 6.34. The molecule has 1 aromatic heterocycles. The van der Waals surface area contributed by atoms with Crippen molar-refractivity contribution in [3.8, 4) is 11.1 Å². The summed E-state index contributed by atoms with van der Waals surface area (Å²) in [5, 5.41) is 9.94. The van der Waals surface area contributed by atoms with Gasteiger partial charge < -0.3 is 19.7 Å². The summed E-state index contributed by atoms with van der Waals surface area (Å²) in [6.07, 6.45) is 0. The molecule has 12 heteroatoms. The molecule has 0 unspecified atom stereocenters. The van der Waals surface area contributed by atoms with Gasteiger partial charge in [0.15, 0.2) is 5.69 Å². The van der Waals surface area contributed by atoms with E-state index in [9.17, 15) is 9.59 Å². The number of carbonyl (C=O) groups excluding carboxylic acids is 2. The maximum absolute atomic E-state index is 13.5. The summed E-state index contributed by atoms with van der Waals surface area (Å²) < 4.78 is 12.4. The Labute approximate surface area is 269 Å². The summed E-state index contributed by atoms with van der Waals surface area (Å²) in [5.41, 5.74) is 3.73. The van der Waals surface area contributed by atoms with Crippen molar-refractivity contribution in [3.63, 3.8) is 0 Å². The number of alkyl halides is 1. The SMILES string of the molecule is CC(C)(COC(=O)CCl)NC(=O)c1nn(Cc2cc(Cl)cc(Cl)c2)c2cc(-c3ccc(N4CCOCC4)c(Cl)c3)ccc12. The molecule has 0 radical (unpaired) electrons. The van der Waals surface area contributed by atoms with Crippen LogP contribution in [0.1, 0.15) is 29.9 Å². The van der Waals surface area contributed by atoms with E-state index in [1.165, 1.54) is 0 Å². The van der Waals surface area contributed by atoms with Gasteiger partial charge in [0.05, 0.1) is 41.5 Å². The molecule has 0 spiro atoms. The average molecular weight is 664 g/mol. The third-order valence-electron chi connectivity index (χ3n) is 7.01. The number of nitrogens with zero attached hydrogens (tertiary/aromatic N) is 3. The Balaban J connectivity index is 1.51. The Morgan fingerprint density at radius 3 is 2.33 bits per heavy atom. The van der Waals surface area contributed by atoms with Gasteiger partial charge in [-0.1, -0.05) is 46.9 Å². The van der Waals surface area contributed by atoms with Crippen molar-refractivity contribution in [2.75, 3.05) is 43.7 Å². The third kappa shape index (κ3) is 7.56. The van der Waals surface area contributed by atoms with E-state index >= 15 is 0 Å². The number of nitrogens with one attached hydrogen (secondary N) is 1. The van der Waals surface area contributed by atoms with E-state index in [-0.39, 0.29) is 18.2 Å². The van der Waals surface area contributed by atoms with Crippen molar-refractivity contribution >= 4 is 74.9 Å². The summed E-state index contributed by atoms with van der Waals surface area (Å²) >= 11 is 24.8. The number of ether oxygens (including phenoxy) is 2. The quantitative estimate of drug-likeness (QED) is 0.156. The molecule has 1 saturated heterocycles. The Kier molecular flexibility index (Phi) is 9.73. The molecular weight excluding hydrogens is 634 g/mol. The van der Waals surface area contributed by atoms with Crippen LogP contribution in [0.3, 0.4) is 0 Å². The number of esters is 1. The van der Waals surface area contributed by atoms with Crippen LogP contribution in [0.5, 0.6) is 0 Å². The maximum atomic E-state index is 13.5. The maximum Gasteiger partial charge on any atom is 0.320 e. The molecule has 0 saturated carbocycles. The van der Waals surface area contributed by atoms with Crippen LogP contribution >= 0.6 is 46.4 Å². The largest absolute Gasteiger partial charge is 0.462 e. The van der Waals surface area contributed by atoms with Gasteiger partial charge >= 0.3 is 5.97 Å². The lowest BCUT2D eigenvalue weighted by atomic mass is 10.0. The van der Waals surface area contributed by atoms with Gasteiger partial charge in [-0.05, 0) is 73.0 Å². The minimum absolute atomic E-state index is 0.0463. The predicted octanol–water partition coefficient (Wildman–Crippen LogP) is 6.84. The van der Waals surface area contributed by atoms with Crippen LogP contribution in [-0.2, 0) is 20.8 Å². The van der Waals surface area contributed by atoms with Crippen LogP contribution in [0.4, 0.5) is 5.69 Å². The highest BCUT2D eigenvalue weighted by atomic mass is 35.5. The number of hydrogen-bond donors (Lipinski definition) is 1. The first-order chi connectivity index (χ1) is 20.5. The summed E-state index contributed by atoms with van der Waals surface area (Å²) in [6, 6.07) is 17.1. The molecule has 4 aromatic rings. The topological polar surface area (TPSA) is 85.7 Å². The first-order valence-corrected chi connectivity index (χ1v) is 15.3. The highest BCUT2D eigenvalue weighted by Gasteiger charge is 2.27. The molecule has 1 N–H and O–H groups in total. The molecule has 8 nitrogen and oxygen atoms in total. The normalized spacial score (nSPS) is 13.8. The van der Waals surface area contributed by atoms with E-state index in [2.05, 4.69) is 10.2 Å². The van der Waals surface area contributed by atoms with Gasteiger partial charge in [-0.25, -0.2) is 0 Å². The smallest absolute Gasteiger partial charge is 0.320 e. The fraction of sp³-hybridized carbons (Fsp3) is 0.323. The predicted molar refractivity (Wildman–Crippen MR) is 172 cm³/mol. The number of morpholine rings is 1. The number of carbonyl (C=O) groups is 2. The first kappa shape index (κ1) is 31.4. The van der Waals surface area contributed by atoms with E-state index in [1.807, 2.05) is 48.5 Å². The van der Waals surface area contributed by atoms with Crippen molar-refractivity contribution in [2.24, 2.45) is 0 Å². The van der Waals surface area contributed by atoms with Gasteiger partial charge in [0.1, 0.15) is 12.5 Å². The van der Waals surface area contributed by atoms with Crippen LogP contribution < -0.4 is 10.2 Å². The van der Waals surface area contributed by atoms with E-state index in [0.29, 0.717) is 40.2 Å². The summed E-state index contributed by atoms with van der Waals surface area (Å²) in [4.78, 5) is 27.3. The Morgan fingerprint density at radius 2 is 1.65 bits per heavy atom. The second-order valence-corrected chi connectivity index (χ2v) is 12.5. The zero-order chi connectivity index (χ0) is 30.7. The molecular formula is C31H30Cl4N4O4. The second-order valence-electron chi connectivity index (χ2n) is 10.9. The van der Waals surface area contributed by atoms with Gasteiger partial charge in [-0.2, -0.15) is 5.10 Å². The van der Waals surface area contributed by atoms with Crippen LogP contribution in [0.2, 0.25) is 15.1 Å². The van der Waals surface area contributed by atoms with E-state index in [0.717, 1.165) is 41.0 Å². The Morgan fingerprint density at radius 1 is 0.977 bits per heavy atom. The number of fused-ring (bicyclic) bond motifs is 1. The summed E-state index contributed by atoms with van der Waals surface area (Å²) in [7, 11) is 0. The summed E-state index contributed by atoms with van der Waals surface area (Å²) in [5.74, 6) is -1.24. The van der Waals surface area contributed by atoms with Gasteiger partial charge in [-0.15, -0.1) is 11.6 Å². The molecule has 0 bridgehead atoms. The number of benzene rings is 3. The standard InChI is InChI=1S/C31H30Cl4N4O4/c1-31(2,18-43-28(40)16-32)36-30(41)29-24-5-3-21(20-4-6-26(25(35)13-20)38-7-9-42-10-8-38)14-27(24)39(37-29)17-19-11-22(33)15-23(34)12-19/h3-6,11-15H,7-10,16-18H2,1-2H3,(H,36,41). The van der Waals surface area contributed by atoms with Gasteiger partial charge in [-0.3, -0.25) is 14.3 Å². The van der Waals surface area contributed by atoms with Gasteiger partial charge in [0.25, 0.3) is 5.91 Å². The highest BCUT2D eigenvalue weighted by Crippen LogP contribution is 2.34. The van der Waals surface area contributed by atoms with Crippen molar-refractivity contribution in [3.05, 3.63) is 80.9 Å². The van der Waals surface area contributed by atoms with Crippen LogP contribution in [0.15, 0.2) is 54.6 Å². The van der Waals surface area contributed by atoms with Gasteiger partial charge in [0.2, 0.25) is 0 Å². The molecule has 1 amide bonds. The fourth-order valence-electron chi connectivity index (χ4n) is 4.97. The molecule has 1 aliphatic heterocycles. The zero-order valence-electron chi connectivity index (χ0n) is 23.6. The molecule has 0 aliphatic carbocycles.